The van der Waals surface area contributed by atoms with Crippen LogP contribution in [0.25, 0.3) is 6.08 Å². The maximum atomic E-state index is 12.1. The lowest BCUT2D eigenvalue weighted by atomic mass is 10.2. The molecule has 0 unspecified atom stereocenters. The quantitative estimate of drug-likeness (QED) is 0.515. The third-order valence-corrected chi connectivity index (χ3v) is 3.17. The van der Waals surface area contributed by atoms with Crippen molar-refractivity contribution in [2.75, 3.05) is 19.5 Å². The molecule has 1 fully saturated rings. The predicted octanol–water partition coefficient (Wildman–Crippen LogP) is 2.22. The monoisotopic (exact) mass is 294 g/mol. The summed E-state index contributed by atoms with van der Waals surface area (Å²) in [6.45, 7) is 0.327. The number of amides is 3. The highest BCUT2D eigenvalue weighted by Gasteiger charge is 2.32. The number of alkyl halides is 1. The summed E-state index contributed by atoms with van der Waals surface area (Å²) in [7, 11) is 1.59. The Labute approximate surface area is 122 Å². The van der Waals surface area contributed by atoms with Gasteiger partial charge in [-0.2, -0.15) is 0 Å². The molecule has 1 aliphatic heterocycles. The Morgan fingerprint density at radius 2 is 2.00 bits per heavy atom. The van der Waals surface area contributed by atoms with Gasteiger partial charge in [-0.3, -0.25) is 9.69 Å². The zero-order valence-electron chi connectivity index (χ0n) is 11.1. The maximum Gasteiger partial charge on any atom is 0.329 e. The van der Waals surface area contributed by atoms with Crippen molar-refractivity contribution >= 4 is 29.6 Å². The fourth-order valence-electron chi connectivity index (χ4n) is 1.86. The molecule has 0 aromatic heterocycles. The van der Waals surface area contributed by atoms with Crippen molar-refractivity contribution in [3.63, 3.8) is 0 Å². The summed E-state index contributed by atoms with van der Waals surface area (Å²) in [5, 5.41) is 2.56. The van der Waals surface area contributed by atoms with Gasteiger partial charge >= 0.3 is 6.03 Å². The summed E-state index contributed by atoms with van der Waals surface area (Å²) < 4.78 is 5.06. The zero-order valence-corrected chi connectivity index (χ0v) is 11.8. The first-order valence-corrected chi connectivity index (χ1v) is 6.73. The molecule has 0 spiro atoms. The Morgan fingerprint density at radius 1 is 1.30 bits per heavy atom. The number of halogens is 1. The van der Waals surface area contributed by atoms with Crippen molar-refractivity contribution in [1.82, 2.24) is 10.2 Å². The highest BCUT2D eigenvalue weighted by Crippen LogP contribution is 2.17. The number of nitrogens with one attached hydrogen (secondary N) is 1. The number of carbonyl (C=O) groups is 2. The summed E-state index contributed by atoms with van der Waals surface area (Å²) in [4.78, 5) is 24.9. The zero-order chi connectivity index (χ0) is 14.5. The lowest BCUT2D eigenvalue weighted by Crippen LogP contribution is -2.31. The molecule has 1 aliphatic rings. The number of rotatable bonds is 5. The van der Waals surface area contributed by atoms with Gasteiger partial charge in [-0.1, -0.05) is 12.1 Å². The number of carbonyl (C=O) groups excluding carboxylic acids is 2. The molecule has 3 amide bonds. The Hall–Kier alpha value is -2.01. The molecule has 1 aromatic carbocycles. The number of imide groups is 1. The number of ether oxygens (including phenoxy) is 1. The van der Waals surface area contributed by atoms with E-state index in [1.54, 1.807) is 25.3 Å². The third-order valence-electron chi connectivity index (χ3n) is 2.90. The van der Waals surface area contributed by atoms with Crippen LogP contribution in [0.3, 0.4) is 0 Å². The standard InChI is InChI=1S/C14H15ClN2O3/c1-20-11-5-3-10(4-6-11)9-12-13(18)17(8-2-7-15)14(19)16-12/h3-6,9H,2,7-8H2,1H3,(H,16,19)/b12-9+. The number of benzene rings is 1. The van der Waals surface area contributed by atoms with E-state index in [1.807, 2.05) is 12.1 Å². The molecular weight excluding hydrogens is 280 g/mol. The van der Waals surface area contributed by atoms with E-state index in [0.29, 0.717) is 18.8 Å². The Kier molecular flexibility index (Phi) is 4.63. The summed E-state index contributed by atoms with van der Waals surface area (Å²) in [5.41, 5.74) is 1.09. The van der Waals surface area contributed by atoms with Crippen molar-refractivity contribution in [2.24, 2.45) is 0 Å². The molecule has 6 heteroatoms. The normalized spacial score (nSPS) is 16.7. The van der Waals surface area contributed by atoms with Gasteiger partial charge in [0.1, 0.15) is 11.4 Å². The molecule has 1 heterocycles. The van der Waals surface area contributed by atoms with Crippen LogP contribution in [0.2, 0.25) is 0 Å². The van der Waals surface area contributed by atoms with E-state index in [-0.39, 0.29) is 11.6 Å². The number of hydrogen-bond donors (Lipinski definition) is 1. The van der Waals surface area contributed by atoms with E-state index in [0.717, 1.165) is 16.2 Å². The van der Waals surface area contributed by atoms with Gasteiger partial charge in [0, 0.05) is 12.4 Å². The van der Waals surface area contributed by atoms with Crippen molar-refractivity contribution in [2.45, 2.75) is 6.42 Å². The first-order chi connectivity index (χ1) is 9.65. The molecule has 1 N–H and O–H groups in total. The SMILES string of the molecule is COc1ccc(/C=C2/NC(=O)N(CCCCl)C2=O)cc1. The van der Waals surface area contributed by atoms with Crippen LogP contribution in [-0.2, 0) is 4.79 Å². The van der Waals surface area contributed by atoms with Gasteiger partial charge in [-0.15, -0.1) is 11.6 Å². The van der Waals surface area contributed by atoms with Gasteiger partial charge in [0.25, 0.3) is 5.91 Å². The van der Waals surface area contributed by atoms with Crippen molar-refractivity contribution in [3.8, 4) is 5.75 Å². The first-order valence-electron chi connectivity index (χ1n) is 6.20. The lowest BCUT2D eigenvalue weighted by molar-refractivity contribution is -0.122. The van der Waals surface area contributed by atoms with Crippen molar-refractivity contribution in [1.29, 1.82) is 0 Å². The molecule has 1 aromatic rings. The Morgan fingerprint density at radius 3 is 2.60 bits per heavy atom. The van der Waals surface area contributed by atoms with Gasteiger partial charge in [0.2, 0.25) is 0 Å². The van der Waals surface area contributed by atoms with E-state index in [9.17, 15) is 9.59 Å². The molecule has 0 bridgehead atoms. The minimum absolute atomic E-state index is 0.273. The summed E-state index contributed by atoms with van der Waals surface area (Å²) in [5.74, 6) is 0.822. The van der Waals surface area contributed by atoms with Gasteiger partial charge in [-0.25, -0.2) is 4.79 Å². The topological polar surface area (TPSA) is 58.6 Å². The molecule has 20 heavy (non-hydrogen) atoms. The highest BCUT2D eigenvalue weighted by molar-refractivity contribution is 6.18. The van der Waals surface area contributed by atoms with Crippen LogP contribution in [0, 0.1) is 0 Å². The second-order valence-corrected chi connectivity index (χ2v) is 4.64. The van der Waals surface area contributed by atoms with E-state index in [4.69, 9.17) is 16.3 Å². The minimum atomic E-state index is -0.403. The van der Waals surface area contributed by atoms with E-state index < -0.39 is 6.03 Å². The van der Waals surface area contributed by atoms with Gasteiger partial charge in [-0.05, 0) is 30.2 Å². The molecule has 0 atom stereocenters. The molecular formula is C14H15ClN2O3. The van der Waals surface area contributed by atoms with Crippen LogP contribution in [0.5, 0.6) is 5.75 Å². The molecule has 5 nitrogen and oxygen atoms in total. The molecule has 0 aliphatic carbocycles. The van der Waals surface area contributed by atoms with Crippen LogP contribution < -0.4 is 10.1 Å². The van der Waals surface area contributed by atoms with Crippen LogP contribution in [0.4, 0.5) is 4.79 Å². The summed E-state index contributed by atoms with van der Waals surface area (Å²) in [6, 6.07) is 6.80. The Balaban J connectivity index is 2.14. The summed E-state index contributed by atoms with van der Waals surface area (Å²) in [6.07, 6.45) is 2.22. The lowest BCUT2D eigenvalue weighted by Gasteiger charge is -2.09. The fraction of sp³-hybridized carbons (Fsp3) is 0.286. The molecule has 2 rings (SSSR count). The third kappa shape index (κ3) is 3.11. The number of hydrogen-bond acceptors (Lipinski definition) is 3. The molecule has 1 saturated heterocycles. The molecule has 0 radical (unpaired) electrons. The predicted molar refractivity (Wildman–Crippen MR) is 76.6 cm³/mol. The first kappa shape index (κ1) is 14.4. The number of urea groups is 1. The van der Waals surface area contributed by atoms with Gasteiger partial charge in [0.05, 0.1) is 7.11 Å². The molecule has 106 valence electrons. The smallest absolute Gasteiger partial charge is 0.329 e. The van der Waals surface area contributed by atoms with E-state index in [1.165, 1.54) is 0 Å². The minimum Gasteiger partial charge on any atom is -0.497 e. The maximum absolute atomic E-state index is 12.1. The fourth-order valence-corrected chi connectivity index (χ4v) is 1.98. The van der Waals surface area contributed by atoms with Gasteiger partial charge < -0.3 is 10.1 Å². The van der Waals surface area contributed by atoms with Gasteiger partial charge in [0.15, 0.2) is 0 Å². The highest BCUT2D eigenvalue weighted by atomic mass is 35.5. The van der Waals surface area contributed by atoms with Crippen LogP contribution in [-0.4, -0.2) is 36.4 Å². The van der Waals surface area contributed by atoms with E-state index >= 15 is 0 Å². The van der Waals surface area contributed by atoms with Crippen molar-refractivity contribution < 1.29 is 14.3 Å². The van der Waals surface area contributed by atoms with Crippen molar-refractivity contribution in [3.05, 3.63) is 35.5 Å². The second kappa shape index (κ2) is 6.43. The van der Waals surface area contributed by atoms with Crippen LogP contribution in [0.15, 0.2) is 30.0 Å². The van der Waals surface area contributed by atoms with Crippen LogP contribution in [0.1, 0.15) is 12.0 Å². The molecule has 0 saturated carbocycles. The summed E-state index contributed by atoms with van der Waals surface area (Å²) >= 11 is 5.57. The average molecular weight is 295 g/mol. The number of methoxy groups -OCH3 is 1. The largest absolute Gasteiger partial charge is 0.497 e. The number of nitrogens with zero attached hydrogens (tertiary/aromatic N) is 1. The van der Waals surface area contributed by atoms with E-state index in [2.05, 4.69) is 5.32 Å². The van der Waals surface area contributed by atoms with Crippen LogP contribution >= 0.6 is 11.6 Å². The Bertz CT molecular complexity index is 540. The average Bonchev–Trinajstić information content (AvgIpc) is 2.72. The second-order valence-electron chi connectivity index (χ2n) is 4.26.